The van der Waals surface area contributed by atoms with E-state index in [0.717, 1.165) is 16.8 Å². The third-order valence-corrected chi connectivity index (χ3v) is 4.94. The highest BCUT2D eigenvalue weighted by molar-refractivity contribution is 6.02. The van der Waals surface area contributed by atoms with Crippen molar-refractivity contribution in [1.29, 1.82) is 0 Å². The van der Waals surface area contributed by atoms with E-state index in [-0.39, 0.29) is 31.2 Å². The Bertz CT molecular complexity index is 807. The Morgan fingerprint density at radius 2 is 1.52 bits per heavy atom. The fourth-order valence-corrected chi connectivity index (χ4v) is 3.69. The molecule has 0 saturated heterocycles. The molecular weight excluding hydrogens is 366 g/mol. The minimum absolute atomic E-state index is 0.0213. The molecule has 158 valence electrons. The smallest absolute Gasteiger partial charge is 0.254 e. The Hall–Kier alpha value is -2.57. The summed E-state index contributed by atoms with van der Waals surface area (Å²) in [7, 11) is 0. The number of aliphatic hydroxyl groups excluding tert-OH is 2. The molecular formula is C23H33N3O3. The molecule has 6 heteroatoms. The van der Waals surface area contributed by atoms with Gasteiger partial charge < -0.3 is 25.7 Å². The lowest BCUT2D eigenvalue weighted by Gasteiger charge is -2.31. The summed E-state index contributed by atoms with van der Waals surface area (Å²) in [5, 5.41) is 18.7. The van der Waals surface area contributed by atoms with Crippen molar-refractivity contribution in [2.75, 3.05) is 36.9 Å². The van der Waals surface area contributed by atoms with E-state index in [2.05, 4.69) is 0 Å². The number of nitrogen functional groups attached to an aromatic ring is 1. The van der Waals surface area contributed by atoms with Crippen LogP contribution < -0.4 is 10.6 Å². The van der Waals surface area contributed by atoms with Crippen LogP contribution in [0.3, 0.4) is 0 Å². The lowest BCUT2D eigenvalue weighted by Crippen LogP contribution is -2.42. The van der Waals surface area contributed by atoms with Gasteiger partial charge in [-0.1, -0.05) is 18.2 Å². The van der Waals surface area contributed by atoms with Gasteiger partial charge in [-0.3, -0.25) is 4.79 Å². The van der Waals surface area contributed by atoms with Gasteiger partial charge in [-0.15, -0.1) is 0 Å². The number of aliphatic hydroxyl groups is 2. The number of carbonyl (C=O) groups is 1. The second-order valence-corrected chi connectivity index (χ2v) is 7.65. The normalized spacial score (nSPS) is 11.2. The summed E-state index contributed by atoms with van der Waals surface area (Å²) < 4.78 is 0. The van der Waals surface area contributed by atoms with E-state index in [1.807, 2.05) is 73.9 Å². The summed E-state index contributed by atoms with van der Waals surface area (Å²) in [6.45, 7) is 8.81. The van der Waals surface area contributed by atoms with Gasteiger partial charge in [0.15, 0.2) is 0 Å². The number of carbonyl (C=O) groups excluding carboxylic acids is 1. The van der Waals surface area contributed by atoms with Gasteiger partial charge >= 0.3 is 0 Å². The molecule has 0 aromatic heterocycles. The van der Waals surface area contributed by atoms with Gasteiger partial charge in [-0.2, -0.15) is 0 Å². The Morgan fingerprint density at radius 3 is 2.07 bits per heavy atom. The Balaban J connectivity index is 2.56. The van der Waals surface area contributed by atoms with Crippen molar-refractivity contribution in [3.63, 3.8) is 0 Å². The summed E-state index contributed by atoms with van der Waals surface area (Å²) in [5.41, 5.74) is 9.85. The molecule has 6 nitrogen and oxygen atoms in total. The van der Waals surface area contributed by atoms with E-state index >= 15 is 0 Å². The van der Waals surface area contributed by atoms with Crippen molar-refractivity contribution >= 4 is 17.3 Å². The molecule has 0 aliphatic heterocycles. The SMILES string of the molecule is CC(C)N(C(=O)c1ccccc1-c1cc(N(CCO)CCO)ccc1N)C(C)C. The van der Waals surface area contributed by atoms with Crippen LogP contribution >= 0.6 is 0 Å². The highest BCUT2D eigenvalue weighted by atomic mass is 16.3. The number of hydrogen-bond donors (Lipinski definition) is 3. The number of amides is 1. The molecule has 2 aromatic rings. The van der Waals surface area contributed by atoms with Crippen molar-refractivity contribution in [1.82, 2.24) is 4.90 Å². The van der Waals surface area contributed by atoms with Crippen molar-refractivity contribution in [2.45, 2.75) is 39.8 Å². The fraction of sp³-hybridized carbons (Fsp3) is 0.435. The van der Waals surface area contributed by atoms with Crippen LogP contribution in [-0.4, -0.2) is 59.4 Å². The zero-order chi connectivity index (χ0) is 21.6. The predicted molar refractivity (Wildman–Crippen MR) is 119 cm³/mol. The average Bonchev–Trinajstić information content (AvgIpc) is 2.67. The molecule has 0 unspecified atom stereocenters. The molecule has 0 saturated carbocycles. The maximum Gasteiger partial charge on any atom is 0.254 e. The minimum atomic E-state index is -0.0297. The third-order valence-electron chi connectivity index (χ3n) is 4.94. The highest BCUT2D eigenvalue weighted by Gasteiger charge is 2.24. The standard InChI is InChI=1S/C23H33N3O3/c1-16(2)26(17(3)4)23(29)20-8-6-5-7-19(20)21-15-18(9-10-22(21)24)25(11-13-27)12-14-28/h5-10,15-17,27-28H,11-14,24H2,1-4H3. The van der Waals surface area contributed by atoms with Crippen LogP contribution in [0, 0.1) is 0 Å². The van der Waals surface area contributed by atoms with E-state index in [1.165, 1.54) is 0 Å². The fourth-order valence-electron chi connectivity index (χ4n) is 3.69. The maximum atomic E-state index is 13.4. The second kappa shape index (κ2) is 10.3. The van der Waals surface area contributed by atoms with E-state index < -0.39 is 0 Å². The third kappa shape index (κ3) is 5.28. The first-order chi connectivity index (χ1) is 13.8. The van der Waals surface area contributed by atoms with Crippen LogP contribution in [0.1, 0.15) is 38.1 Å². The van der Waals surface area contributed by atoms with Gasteiger partial charge in [0, 0.05) is 47.7 Å². The van der Waals surface area contributed by atoms with Crippen molar-refractivity contribution in [3.8, 4) is 11.1 Å². The molecule has 0 heterocycles. The minimum Gasteiger partial charge on any atom is -0.398 e. The number of nitrogens with zero attached hydrogens (tertiary/aromatic N) is 2. The zero-order valence-corrected chi connectivity index (χ0v) is 17.8. The van der Waals surface area contributed by atoms with Gasteiger partial charge in [0.1, 0.15) is 0 Å². The summed E-state index contributed by atoms with van der Waals surface area (Å²) in [5.74, 6) is -0.0297. The Labute approximate surface area is 173 Å². The highest BCUT2D eigenvalue weighted by Crippen LogP contribution is 2.33. The number of benzene rings is 2. The molecule has 1 amide bonds. The molecule has 2 aromatic carbocycles. The van der Waals surface area contributed by atoms with Gasteiger partial charge in [-0.05, 0) is 57.5 Å². The first-order valence-corrected chi connectivity index (χ1v) is 10.1. The van der Waals surface area contributed by atoms with Crippen molar-refractivity contribution < 1.29 is 15.0 Å². The molecule has 0 fully saturated rings. The van der Waals surface area contributed by atoms with Crippen LogP contribution in [0.5, 0.6) is 0 Å². The van der Waals surface area contributed by atoms with Crippen LogP contribution in [0.15, 0.2) is 42.5 Å². The van der Waals surface area contributed by atoms with Crippen LogP contribution in [0.2, 0.25) is 0 Å². The van der Waals surface area contributed by atoms with Crippen molar-refractivity contribution in [2.24, 2.45) is 0 Å². The first-order valence-electron chi connectivity index (χ1n) is 10.1. The van der Waals surface area contributed by atoms with E-state index in [1.54, 1.807) is 6.07 Å². The monoisotopic (exact) mass is 399 g/mol. The topological polar surface area (TPSA) is 90.0 Å². The maximum absolute atomic E-state index is 13.4. The van der Waals surface area contributed by atoms with Gasteiger partial charge in [0.05, 0.1) is 13.2 Å². The van der Waals surface area contributed by atoms with Gasteiger partial charge in [-0.25, -0.2) is 0 Å². The average molecular weight is 400 g/mol. The Morgan fingerprint density at radius 1 is 0.931 bits per heavy atom. The number of rotatable bonds is 9. The molecule has 0 atom stereocenters. The number of hydrogen-bond acceptors (Lipinski definition) is 5. The Kier molecular flexibility index (Phi) is 8.05. The molecule has 0 spiro atoms. The van der Waals surface area contributed by atoms with E-state index in [4.69, 9.17) is 5.73 Å². The quantitative estimate of drug-likeness (QED) is 0.564. The number of anilines is 2. The number of nitrogens with two attached hydrogens (primary N) is 1. The molecule has 0 aliphatic carbocycles. The molecule has 0 bridgehead atoms. The molecule has 4 N–H and O–H groups in total. The van der Waals surface area contributed by atoms with E-state index in [0.29, 0.717) is 24.3 Å². The lowest BCUT2D eigenvalue weighted by molar-refractivity contribution is 0.0644. The summed E-state index contributed by atoms with van der Waals surface area (Å²) in [4.78, 5) is 17.1. The van der Waals surface area contributed by atoms with Gasteiger partial charge in [0.2, 0.25) is 0 Å². The van der Waals surface area contributed by atoms with Gasteiger partial charge in [0.25, 0.3) is 5.91 Å². The van der Waals surface area contributed by atoms with Crippen molar-refractivity contribution in [3.05, 3.63) is 48.0 Å². The largest absolute Gasteiger partial charge is 0.398 e. The second-order valence-electron chi connectivity index (χ2n) is 7.65. The lowest BCUT2D eigenvalue weighted by atomic mass is 9.96. The molecule has 0 radical (unpaired) electrons. The first kappa shape index (κ1) is 22.7. The summed E-state index contributed by atoms with van der Waals surface area (Å²) >= 11 is 0. The molecule has 29 heavy (non-hydrogen) atoms. The zero-order valence-electron chi connectivity index (χ0n) is 17.8. The molecule has 0 aliphatic rings. The molecule has 2 rings (SSSR count). The van der Waals surface area contributed by atoms with E-state index in [9.17, 15) is 15.0 Å². The van der Waals surface area contributed by atoms with Crippen LogP contribution in [0.4, 0.5) is 11.4 Å². The summed E-state index contributed by atoms with van der Waals surface area (Å²) in [6.07, 6.45) is 0. The van der Waals surface area contributed by atoms with Crippen LogP contribution in [0.25, 0.3) is 11.1 Å². The summed E-state index contributed by atoms with van der Waals surface area (Å²) in [6, 6.07) is 13.2. The van der Waals surface area contributed by atoms with Crippen LogP contribution in [-0.2, 0) is 0 Å². The predicted octanol–water partition coefficient (Wildman–Crippen LogP) is 2.99.